The number of nitrogens with two attached hydrogens (primary N) is 1. The van der Waals surface area contributed by atoms with Crippen molar-refractivity contribution in [2.24, 2.45) is 5.73 Å². The zero-order valence-electron chi connectivity index (χ0n) is 13.0. The van der Waals surface area contributed by atoms with Crippen LogP contribution < -0.4 is 10.5 Å². The Bertz CT molecular complexity index is 501. The van der Waals surface area contributed by atoms with Gasteiger partial charge in [-0.3, -0.25) is 4.90 Å². The highest BCUT2D eigenvalue weighted by molar-refractivity contribution is 5.42. The van der Waals surface area contributed by atoms with Gasteiger partial charge >= 0.3 is 0 Å². The number of methoxy groups -OCH3 is 1. The van der Waals surface area contributed by atoms with E-state index in [0.29, 0.717) is 17.6 Å². The van der Waals surface area contributed by atoms with Gasteiger partial charge in [0.15, 0.2) is 0 Å². The van der Waals surface area contributed by atoms with Gasteiger partial charge in [-0.1, -0.05) is 6.92 Å². The molecule has 2 rings (SSSR count). The number of ether oxygens (including phenoxy) is 1. The summed E-state index contributed by atoms with van der Waals surface area (Å²) in [4.78, 5) is 2.48. The van der Waals surface area contributed by atoms with E-state index in [1.54, 1.807) is 13.2 Å². The van der Waals surface area contributed by atoms with Gasteiger partial charge in [-0.15, -0.1) is 0 Å². The van der Waals surface area contributed by atoms with E-state index in [-0.39, 0.29) is 0 Å². The molecule has 1 fully saturated rings. The first-order valence-corrected chi connectivity index (χ1v) is 7.74. The summed E-state index contributed by atoms with van der Waals surface area (Å²) < 4.78 is 5.44. The minimum atomic E-state index is 0.372. The van der Waals surface area contributed by atoms with Gasteiger partial charge in [0.25, 0.3) is 0 Å². The third-order valence-electron chi connectivity index (χ3n) is 4.45. The molecule has 0 spiro atoms. The molecule has 0 bridgehead atoms. The van der Waals surface area contributed by atoms with Gasteiger partial charge in [0.05, 0.1) is 18.7 Å². The highest BCUT2D eigenvalue weighted by Crippen LogP contribution is 2.27. The van der Waals surface area contributed by atoms with Gasteiger partial charge in [0.2, 0.25) is 0 Å². The van der Waals surface area contributed by atoms with Crippen molar-refractivity contribution in [2.75, 3.05) is 13.7 Å². The largest absolute Gasteiger partial charge is 0.496 e. The summed E-state index contributed by atoms with van der Waals surface area (Å²) in [6.07, 6.45) is 4.54. The van der Waals surface area contributed by atoms with E-state index in [1.165, 1.54) is 0 Å². The van der Waals surface area contributed by atoms with E-state index >= 15 is 0 Å². The average Bonchev–Trinajstić information content (AvgIpc) is 2.53. The number of nitriles is 1. The standard InChI is InChI=1S/C17H25N3O/c1-3-20(16-7-5-15(19)6-8-16)12-14-10-13(11-18)4-9-17(14)21-2/h4,9-10,15-16H,3,5-8,12,19H2,1-2H3. The number of benzene rings is 1. The minimum absolute atomic E-state index is 0.372. The summed E-state index contributed by atoms with van der Waals surface area (Å²) in [7, 11) is 1.68. The van der Waals surface area contributed by atoms with Crippen molar-refractivity contribution in [3.05, 3.63) is 29.3 Å². The molecule has 0 heterocycles. The summed E-state index contributed by atoms with van der Waals surface area (Å²) in [6, 6.07) is 8.80. The van der Waals surface area contributed by atoms with Crippen molar-refractivity contribution >= 4 is 0 Å². The maximum Gasteiger partial charge on any atom is 0.123 e. The first-order valence-electron chi connectivity index (χ1n) is 7.74. The van der Waals surface area contributed by atoms with Crippen LogP contribution in [0, 0.1) is 11.3 Å². The summed E-state index contributed by atoms with van der Waals surface area (Å²) in [5.74, 6) is 0.861. The average molecular weight is 287 g/mol. The number of hydrogen-bond acceptors (Lipinski definition) is 4. The molecule has 0 amide bonds. The quantitative estimate of drug-likeness (QED) is 0.904. The molecular weight excluding hydrogens is 262 g/mol. The van der Waals surface area contributed by atoms with E-state index in [2.05, 4.69) is 17.9 Å². The molecule has 2 N–H and O–H groups in total. The van der Waals surface area contributed by atoms with Crippen LogP contribution in [0.2, 0.25) is 0 Å². The Morgan fingerprint density at radius 1 is 1.33 bits per heavy atom. The van der Waals surface area contributed by atoms with Crippen LogP contribution in [-0.2, 0) is 6.54 Å². The van der Waals surface area contributed by atoms with Gasteiger partial charge in [-0.2, -0.15) is 5.26 Å². The highest BCUT2D eigenvalue weighted by Gasteiger charge is 2.24. The fourth-order valence-corrected chi connectivity index (χ4v) is 3.16. The molecule has 1 aliphatic rings. The Hall–Kier alpha value is -1.57. The highest BCUT2D eigenvalue weighted by atomic mass is 16.5. The van der Waals surface area contributed by atoms with Crippen molar-refractivity contribution in [1.29, 1.82) is 5.26 Å². The maximum absolute atomic E-state index is 9.08. The Labute approximate surface area is 127 Å². The molecule has 4 nitrogen and oxygen atoms in total. The van der Waals surface area contributed by atoms with Crippen LogP contribution >= 0.6 is 0 Å². The third-order valence-corrected chi connectivity index (χ3v) is 4.45. The molecular formula is C17H25N3O. The predicted octanol–water partition coefficient (Wildman–Crippen LogP) is 2.66. The Morgan fingerprint density at radius 3 is 2.62 bits per heavy atom. The van der Waals surface area contributed by atoms with Crippen LogP contribution in [-0.4, -0.2) is 30.6 Å². The lowest BCUT2D eigenvalue weighted by Gasteiger charge is -2.35. The molecule has 0 aliphatic heterocycles. The Kier molecular flexibility index (Phi) is 5.60. The fraction of sp³-hybridized carbons (Fsp3) is 0.588. The zero-order valence-corrected chi connectivity index (χ0v) is 13.0. The summed E-state index contributed by atoms with van der Waals surface area (Å²) in [5, 5.41) is 9.08. The Morgan fingerprint density at radius 2 is 2.05 bits per heavy atom. The number of hydrogen-bond donors (Lipinski definition) is 1. The smallest absolute Gasteiger partial charge is 0.123 e. The topological polar surface area (TPSA) is 62.3 Å². The fourth-order valence-electron chi connectivity index (χ4n) is 3.16. The van der Waals surface area contributed by atoms with Crippen LogP contribution in [0.3, 0.4) is 0 Å². The van der Waals surface area contributed by atoms with Crippen molar-refractivity contribution in [1.82, 2.24) is 4.90 Å². The first-order chi connectivity index (χ1) is 10.2. The van der Waals surface area contributed by atoms with Crippen molar-refractivity contribution in [3.63, 3.8) is 0 Å². The lowest BCUT2D eigenvalue weighted by atomic mass is 9.90. The van der Waals surface area contributed by atoms with E-state index < -0.39 is 0 Å². The van der Waals surface area contributed by atoms with Crippen LogP contribution in [0.1, 0.15) is 43.7 Å². The molecule has 1 saturated carbocycles. The van der Waals surface area contributed by atoms with Crippen molar-refractivity contribution < 1.29 is 4.74 Å². The second-order valence-electron chi connectivity index (χ2n) is 5.77. The van der Waals surface area contributed by atoms with Crippen molar-refractivity contribution in [2.45, 2.75) is 51.2 Å². The molecule has 4 heteroatoms. The molecule has 1 aliphatic carbocycles. The zero-order chi connectivity index (χ0) is 15.2. The molecule has 114 valence electrons. The Balaban J connectivity index is 2.12. The molecule has 21 heavy (non-hydrogen) atoms. The summed E-state index contributed by atoms with van der Waals surface area (Å²) in [6.45, 7) is 4.02. The van der Waals surface area contributed by atoms with Gasteiger partial charge in [-0.25, -0.2) is 0 Å². The first kappa shape index (κ1) is 15.8. The van der Waals surface area contributed by atoms with E-state index in [4.69, 9.17) is 15.7 Å². The van der Waals surface area contributed by atoms with Gasteiger partial charge in [-0.05, 0) is 50.4 Å². The maximum atomic E-state index is 9.08. The third kappa shape index (κ3) is 3.96. The molecule has 1 aromatic carbocycles. The summed E-state index contributed by atoms with van der Waals surface area (Å²) in [5.41, 5.74) is 7.78. The van der Waals surface area contributed by atoms with Gasteiger partial charge < -0.3 is 10.5 Å². The van der Waals surface area contributed by atoms with Crippen LogP contribution in [0.5, 0.6) is 5.75 Å². The lowest BCUT2D eigenvalue weighted by molar-refractivity contribution is 0.148. The van der Waals surface area contributed by atoms with Crippen molar-refractivity contribution in [3.8, 4) is 11.8 Å². The van der Waals surface area contributed by atoms with Crippen LogP contribution in [0.15, 0.2) is 18.2 Å². The minimum Gasteiger partial charge on any atom is -0.496 e. The van der Waals surface area contributed by atoms with E-state index in [9.17, 15) is 0 Å². The number of rotatable bonds is 5. The normalized spacial score (nSPS) is 22.0. The SMILES string of the molecule is CCN(Cc1cc(C#N)ccc1OC)C1CCC(N)CC1. The van der Waals surface area contributed by atoms with Gasteiger partial charge in [0.1, 0.15) is 5.75 Å². The lowest BCUT2D eigenvalue weighted by Crippen LogP contribution is -2.40. The monoisotopic (exact) mass is 287 g/mol. The van der Waals surface area contributed by atoms with E-state index in [1.807, 2.05) is 12.1 Å². The molecule has 0 unspecified atom stereocenters. The molecule has 1 aromatic rings. The number of nitrogens with zero attached hydrogens (tertiary/aromatic N) is 2. The molecule has 0 aromatic heterocycles. The molecule has 0 saturated heterocycles. The predicted molar refractivity (Wildman–Crippen MR) is 84.0 cm³/mol. The molecule has 0 radical (unpaired) electrons. The van der Waals surface area contributed by atoms with Crippen LogP contribution in [0.25, 0.3) is 0 Å². The summed E-state index contributed by atoms with van der Waals surface area (Å²) >= 11 is 0. The second kappa shape index (κ2) is 7.44. The molecule has 0 atom stereocenters. The van der Waals surface area contributed by atoms with Gasteiger partial charge in [0, 0.05) is 24.2 Å². The second-order valence-corrected chi connectivity index (χ2v) is 5.77. The van der Waals surface area contributed by atoms with E-state index in [0.717, 1.165) is 50.1 Å². The van der Waals surface area contributed by atoms with Crippen LogP contribution in [0.4, 0.5) is 0 Å².